The minimum Gasteiger partial charge on any atom is -0.447 e. The predicted molar refractivity (Wildman–Crippen MR) is 35.7 cm³/mol. The van der Waals surface area contributed by atoms with E-state index >= 15 is 0 Å². The summed E-state index contributed by atoms with van der Waals surface area (Å²) in [6.45, 7) is 2.64. The van der Waals surface area contributed by atoms with Crippen LogP contribution < -0.4 is 0 Å². The van der Waals surface area contributed by atoms with E-state index in [2.05, 4.69) is 19.0 Å². The Labute approximate surface area is 55.8 Å². The molecule has 0 atom stereocenters. The van der Waals surface area contributed by atoms with Gasteiger partial charge in [-0.3, -0.25) is 0 Å². The molecule has 9 heavy (non-hydrogen) atoms. The lowest BCUT2D eigenvalue weighted by atomic mass is 10.4. The lowest BCUT2D eigenvalue weighted by molar-refractivity contribution is 0.268. The summed E-state index contributed by atoms with van der Waals surface area (Å²) in [6.07, 6.45) is 4.51. The van der Waals surface area contributed by atoms with Crippen molar-refractivity contribution >= 4 is 0 Å². The number of aliphatic hydroxyl groups is 1. The van der Waals surface area contributed by atoms with Crippen LogP contribution >= 0.6 is 0 Å². The monoisotopic (exact) mass is 128 g/mol. The zero-order chi connectivity index (χ0) is 6.95. The zero-order valence-corrected chi connectivity index (χ0v) is 5.68. The van der Waals surface area contributed by atoms with Gasteiger partial charge < -0.3 is 9.84 Å². The molecule has 2 heteroatoms. The van der Waals surface area contributed by atoms with Crippen LogP contribution in [0.5, 0.6) is 0 Å². The van der Waals surface area contributed by atoms with Crippen molar-refractivity contribution in [2.45, 2.75) is 19.8 Å². The van der Waals surface area contributed by atoms with Crippen LogP contribution in [-0.2, 0) is 4.74 Å². The van der Waals surface area contributed by atoms with E-state index in [9.17, 15) is 0 Å². The lowest BCUT2D eigenvalue weighted by Gasteiger charge is -1.91. The molecule has 0 aliphatic rings. The van der Waals surface area contributed by atoms with Gasteiger partial charge in [-0.25, -0.2) is 0 Å². The Morgan fingerprint density at radius 3 is 2.89 bits per heavy atom. The maximum absolute atomic E-state index is 8.17. The van der Waals surface area contributed by atoms with Gasteiger partial charge in [-0.15, -0.1) is 0 Å². The van der Waals surface area contributed by atoms with Crippen LogP contribution in [0.3, 0.4) is 0 Å². The summed E-state index contributed by atoms with van der Waals surface area (Å²) < 4.78 is 4.79. The Kier molecular flexibility index (Phi) is 6.77. The van der Waals surface area contributed by atoms with E-state index < -0.39 is 0 Å². The fourth-order valence-corrected chi connectivity index (χ4v) is 0.351. The summed E-state index contributed by atoms with van der Waals surface area (Å²) in [4.78, 5) is 0. The van der Waals surface area contributed by atoms with Crippen molar-refractivity contribution in [3.05, 3.63) is 0 Å². The van der Waals surface area contributed by atoms with Crippen LogP contribution in [-0.4, -0.2) is 18.3 Å². The third-order valence-corrected chi connectivity index (χ3v) is 0.823. The fourth-order valence-electron chi connectivity index (χ4n) is 0.351. The highest BCUT2D eigenvalue weighted by atomic mass is 16.5. The van der Waals surface area contributed by atoms with Crippen molar-refractivity contribution in [2.75, 3.05) is 13.2 Å². The van der Waals surface area contributed by atoms with Crippen LogP contribution in [0.1, 0.15) is 19.8 Å². The molecule has 0 aromatic heterocycles. The first-order valence-electron chi connectivity index (χ1n) is 3.12. The molecule has 1 N–H and O–H groups in total. The van der Waals surface area contributed by atoms with Gasteiger partial charge >= 0.3 is 0 Å². The van der Waals surface area contributed by atoms with E-state index in [1.54, 1.807) is 0 Å². The second kappa shape index (κ2) is 7.32. The lowest BCUT2D eigenvalue weighted by Crippen LogP contribution is -1.85. The first kappa shape index (κ1) is 8.32. The largest absolute Gasteiger partial charge is 0.447 e. The summed E-state index contributed by atoms with van der Waals surface area (Å²) in [7, 11) is 0. The van der Waals surface area contributed by atoms with Gasteiger partial charge in [-0.1, -0.05) is 13.3 Å². The molecule has 0 bridgehead atoms. The van der Waals surface area contributed by atoms with E-state index in [0.29, 0.717) is 6.61 Å². The Bertz CT molecular complexity index is 99.2. The van der Waals surface area contributed by atoms with Crippen molar-refractivity contribution in [2.24, 2.45) is 0 Å². The number of ether oxygens (including phenoxy) is 1. The van der Waals surface area contributed by atoms with Gasteiger partial charge in [-0.2, -0.15) is 0 Å². The van der Waals surface area contributed by atoms with Gasteiger partial charge in [0.2, 0.25) is 0 Å². The van der Waals surface area contributed by atoms with Crippen molar-refractivity contribution in [1.29, 1.82) is 0 Å². The molecule has 0 amide bonds. The van der Waals surface area contributed by atoms with Crippen molar-refractivity contribution < 1.29 is 9.84 Å². The highest BCUT2D eigenvalue weighted by molar-refractivity contribution is 4.90. The van der Waals surface area contributed by atoms with Crippen molar-refractivity contribution in [3.63, 3.8) is 0 Å². The molecule has 0 aromatic carbocycles. The molecule has 0 saturated carbocycles. The Morgan fingerprint density at radius 1 is 1.56 bits per heavy atom. The molecule has 0 aliphatic carbocycles. The quantitative estimate of drug-likeness (QED) is 0.449. The summed E-state index contributed by atoms with van der Waals surface area (Å²) in [5, 5.41) is 8.17. The second-order valence-electron chi connectivity index (χ2n) is 1.64. The van der Waals surface area contributed by atoms with Gasteiger partial charge in [0.15, 0.2) is 0 Å². The average molecular weight is 128 g/mol. The van der Waals surface area contributed by atoms with E-state index in [-0.39, 0.29) is 6.61 Å². The number of rotatable bonds is 3. The normalized spacial score (nSPS) is 7.78. The van der Waals surface area contributed by atoms with Crippen molar-refractivity contribution in [1.82, 2.24) is 0 Å². The molecular weight excluding hydrogens is 116 g/mol. The van der Waals surface area contributed by atoms with Crippen LogP contribution in [0.4, 0.5) is 0 Å². The molecule has 0 aliphatic heterocycles. The Balaban J connectivity index is 2.90. The van der Waals surface area contributed by atoms with Gasteiger partial charge in [-0.05, 0) is 12.3 Å². The van der Waals surface area contributed by atoms with Crippen LogP contribution in [0, 0.1) is 12.0 Å². The Morgan fingerprint density at radius 2 is 2.33 bits per heavy atom. The van der Waals surface area contributed by atoms with E-state index in [0.717, 1.165) is 12.8 Å². The van der Waals surface area contributed by atoms with Gasteiger partial charge in [0.05, 0.1) is 0 Å². The molecule has 0 unspecified atom stereocenters. The van der Waals surface area contributed by atoms with Crippen LogP contribution in [0.15, 0.2) is 0 Å². The SMILES string of the molecule is CCCCOC#CCO. The van der Waals surface area contributed by atoms with Gasteiger partial charge in [0, 0.05) is 0 Å². The molecule has 0 fully saturated rings. The first-order valence-corrected chi connectivity index (χ1v) is 3.12. The van der Waals surface area contributed by atoms with E-state index in [1.165, 1.54) is 0 Å². The maximum Gasteiger partial charge on any atom is 0.112 e. The molecule has 52 valence electrons. The number of hydrogen-bond acceptors (Lipinski definition) is 2. The van der Waals surface area contributed by atoms with E-state index in [1.807, 2.05) is 0 Å². The summed E-state index contributed by atoms with van der Waals surface area (Å²) in [5.74, 6) is 2.39. The fraction of sp³-hybridized carbons (Fsp3) is 0.714. The molecule has 0 spiro atoms. The molecule has 0 heterocycles. The minimum absolute atomic E-state index is 0.119. The van der Waals surface area contributed by atoms with Crippen LogP contribution in [0.25, 0.3) is 0 Å². The number of hydrogen-bond donors (Lipinski definition) is 1. The smallest absolute Gasteiger partial charge is 0.112 e. The molecular formula is C7H12O2. The zero-order valence-electron chi connectivity index (χ0n) is 5.68. The average Bonchev–Trinajstić information content (AvgIpc) is 1.89. The number of unbranched alkanes of at least 4 members (excludes halogenated alkanes) is 1. The maximum atomic E-state index is 8.17. The standard InChI is InChI=1S/C7H12O2/c1-2-3-6-9-7-4-5-8/h8H,2-3,5-6H2,1H3. The third kappa shape index (κ3) is 7.32. The highest BCUT2D eigenvalue weighted by Crippen LogP contribution is 1.85. The summed E-state index contributed by atoms with van der Waals surface area (Å²) in [6, 6.07) is 0. The molecule has 0 radical (unpaired) electrons. The van der Waals surface area contributed by atoms with Gasteiger partial charge in [0.1, 0.15) is 19.3 Å². The molecule has 0 aromatic rings. The van der Waals surface area contributed by atoms with Crippen molar-refractivity contribution in [3.8, 4) is 12.0 Å². The van der Waals surface area contributed by atoms with Crippen LogP contribution in [0.2, 0.25) is 0 Å². The predicted octanol–water partition coefficient (Wildman–Crippen LogP) is 0.756. The molecule has 0 saturated heterocycles. The Hall–Kier alpha value is -0.680. The summed E-state index contributed by atoms with van der Waals surface area (Å²) >= 11 is 0. The second-order valence-corrected chi connectivity index (χ2v) is 1.64. The van der Waals surface area contributed by atoms with E-state index in [4.69, 9.17) is 9.84 Å². The van der Waals surface area contributed by atoms with Gasteiger partial charge in [0.25, 0.3) is 0 Å². The topological polar surface area (TPSA) is 29.5 Å². The summed E-state index contributed by atoms with van der Waals surface area (Å²) in [5.41, 5.74) is 0. The third-order valence-electron chi connectivity index (χ3n) is 0.823. The molecule has 2 nitrogen and oxygen atoms in total. The first-order chi connectivity index (χ1) is 4.41. The highest BCUT2D eigenvalue weighted by Gasteiger charge is 1.78. The number of aliphatic hydroxyl groups excluding tert-OH is 1. The minimum atomic E-state index is -0.119. The molecule has 0 rings (SSSR count).